The topological polar surface area (TPSA) is 92.3 Å². The molecule has 1 aromatic heterocycles. The summed E-state index contributed by atoms with van der Waals surface area (Å²) in [5.74, 6) is -1.34. The monoisotopic (exact) mass is 378 g/mol. The van der Waals surface area contributed by atoms with Crippen molar-refractivity contribution in [3.05, 3.63) is 65.9 Å². The van der Waals surface area contributed by atoms with Gasteiger partial charge in [-0.1, -0.05) is 28.8 Å². The summed E-state index contributed by atoms with van der Waals surface area (Å²) in [4.78, 5) is 39.5. The molecule has 1 aliphatic rings. The number of hydrogen-bond donors (Lipinski definition) is 1. The highest BCUT2D eigenvalue weighted by Gasteiger charge is 2.40. The van der Waals surface area contributed by atoms with Gasteiger partial charge >= 0.3 is 0 Å². The van der Waals surface area contributed by atoms with E-state index in [-0.39, 0.29) is 0 Å². The molecule has 3 amide bonds. The van der Waals surface area contributed by atoms with Gasteiger partial charge in [0.2, 0.25) is 5.91 Å². The molecule has 0 aliphatic carbocycles. The number of nitrogens with one attached hydrogen (secondary N) is 1. The average molecular weight is 378 g/mol. The molecule has 7 nitrogen and oxygen atoms in total. The van der Waals surface area contributed by atoms with Crippen LogP contribution in [0.4, 0.5) is 5.69 Å². The van der Waals surface area contributed by atoms with Crippen LogP contribution >= 0.6 is 11.5 Å². The Labute approximate surface area is 158 Å². The first-order valence-electron chi connectivity index (χ1n) is 8.22. The highest BCUT2D eigenvalue weighted by molar-refractivity contribution is 7.09. The third kappa shape index (κ3) is 3.00. The Morgan fingerprint density at radius 1 is 1.04 bits per heavy atom. The van der Waals surface area contributed by atoms with Crippen LogP contribution in [-0.4, -0.2) is 38.3 Å². The van der Waals surface area contributed by atoms with Crippen molar-refractivity contribution in [2.24, 2.45) is 0 Å². The lowest BCUT2D eigenvalue weighted by molar-refractivity contribution is -0.119. The highest BCUT2D eigenvalue weighted by atomic mass is 32.1. The SMILES string of the molecule is CC(C(=O)Nc1ccc(-c2cnns2)cc1)N1C(=O)c2ccccc2C1=O. The van der Waals surface area contributed by atoms with Crippen LogP contribution in [0.5, 0.6) is 0 Å². The number of imide groups is 1. The van der Waals surface area contributed by atoms with Crippen LogP contribution in [0.3, 0.4) is 0 Å². The van der Waals surface area contributed by atoms with Crippen LogP contribution in [0, 0.1) is 0 Å². The molecule has 27 heavy (non-hydrogen) atoms. The maximum absolute atomic E-state index is 12.6. The number of anilines is 1. The molecule has 0 spiro atoms. The van der Waals surface area contributed by atoms with Crippen molar-refractivity contribution in [1.29, 1.82) is 0 Å². The Bertz CT molecular complexity index is 996. The van der Waals surface area contributed by atoms with Crippen LogP contribution in [0.1, 0.15) is 27.6 Å². The first-order chi connectivity index (χ1) is 13.1. The zero-order valence-corrected chi connectivity index (χ0v) is 15.1. The molecular weight excluding hydrogens is 364 g/mol. The minimum absolute atomic E-state index is 0.324. The van der Waals surface area contributed by atoms with E-state index in [1.807, 2.05) is 12.1 Å². The Hall–Kier alpha value is -3.39. The first-order valence-corrected chi connectivity index (χ1v) is 8.99. The molecule has 1 atom stereocenters. The number of rotatable bonds is 4. The highest BCUT2D eigenvalue weighted by Crippen LogP contribution is 2.26. The van der Waals surface area contributed by atoms with Gasteiger partial charge in [-0.2, -0.15) is 0 Å². The van der Waals surface area contributed by atoms with Crippen molar-refractivity contribution in [3.8, 4) is 10.4 Å². The van der Waals surface area contributed by atoms with Crippen molar-refractivity contribution in [3.63, 3.8) is 0 Å². The lowest BCUT2D eigenvalue weighted by Gasteiger charge is -2.21. The van der Waals surface area contributed by atoms with Gasteiger partial charge in [-0.05, 0) is 48.3 Å². The van der Waals surface area contributed by atoms with Gasteiger partial charge < -0.3 is 5.32 Å². The van der Waals surface area contributed by atoms with Gasteiger partial charge in [0.1, 0.15) is 6.04 Å². The standard InChI is InChI=1S/C19H14N4O3S/c1-11(23-18(25)14-4-2-3-5-15(14)19(23)26)17(24)21-13-8-6-12(7-9-13)16-10-20-22-27-16/h2-11H,1H3,(H,21,24). The molecule has 3 aromatic rings. The molecule has 134 valence electrons. The molecule has 1 aliphatic heterocycles. The quantitative estimate of drug-likeness (QED) is 0.705. The zero-order chi connectivity index (χ0) is 19.0. The maximum Gasteiger partial charge on any atom is 0.262 e. The van der Waals surface area contributed by atoms with Crippen LogP contribution in [-0.2, 0) is 4.79 Å². The Morgan fingerprint density at radius 2 is 1.67 bits per heavy atom. The summed E-state index contributed by atoms with van der Waals surface area (Å²) < 4.78 is 3.82. The molecule has 0 radical (unpaired) electrons. The van der Waals surface area contributed by atoms with Crippen molar-refractivity contribution in [2.45, 2.75) is 13.0 Å². The molecule has 0 saturated carbocycles. The van der Waals surface area contributed by atoms with Crippen LogP contribution in [0.2, 0.25) is 0 Å². The molecule has 8 heteroatoms. The van der Waals surface area contributed by atoms with Gasteiger partial charge in [0.25, 0.3) is 11.8 Å². The molecule has 0 bridgehead atoms. The van der Waals surface area contributed by atoms with E-state index in [9.17, 15) is 14.4 Å². The van der Waals surface area contributed by atoms with E-state index in [1.165, 1.54) is 18.5 Å². The zero-order valence-electron chi connectivity index (χ0n) is 14.2. The van der Waals surface area contributed by atoms with Crippen molar-refractivity contribution < 1.29 is 14.4 Å². The van der Waals surface area contributed by atoms with E-state index in [1.54, 1.807) is 42.6 Å². The predicted octanol–water partition coefficient (Wildman–Crippen LogP) is 2.83. The summed E-state index contributed by atoms with van der Waals surface area (Å²) in [6.07, 6.45) is 1.67. The summed E-state index contributed by atoms with van der Waals surface area (Å²) >= 11 is 1.28. The number of amides is 3. The largest absolute Gasteiger partial charge is 0.324 e. The van der Waals surface area contributed by atoms with Crippen molar-refractivity contribution in [2.75, 3.05) is 5.32 Å². The van der Waals surface area contributed by atoms with E-state index < -0.39 is 23.8 Å². The normalized spacial score (nSPS) is 14.2. The number of benzene rings is 2. The lowest BCUT2D eigenvalue weighted by atomic mass is 10.1. The molecule has 2 aromatic carbocycles. The molecule has 1 unspecified atom stereocenters. The Balaban J connectivity index is 1.49. The minimum Gasteiger partial charge on any atom is -0.324 e. The van der Waals surface area contributed by atoms with E-state index in [4.69, 9.17) is 0 Å². The van der Waals surface area contributed by atoms with Gasteiger partial charge in [-0.15, -0.1) is 5.10 Å². The number of hydrogen-bond acceptors (Lipinski definition) is 6. The number of carbonyl (C=O) groups excluding carboxylic acids is 3. The molecule has 4 rings (SSSR count). The van der Waals surface area contributed by atoms with Crippen molar-refractivity contribution in [1.82, 2.24) is 14.5 Å². The third-order valence-corrected chi connectivity index (χ3v) is 5.10. The number of fused-ring (bicyclic) bond motifs is 1. The minimum atomic E-state index is -0.928. The van der Waals surface area contributed by atoms with Gasteiger partial charge in [0, 0.05) is 5.69 Å². The maximum atomic E-state index is 12.6. The number of carbonyl (C=O) groups is 3. The van der Waals surface area contributed by atoms with Gasteiger partial charge in [-0.25, -0.2) is 0 Å². The molecule has 2 heterocycles. The number of nitrogens with zero attached hydrogens (tertiary/aromatic N) is 3. The molecule has 0 saturated heterocycles. The molecule has 1 N–H and O–H groups in total. The first kappa shape index (κ1) is 17.0. The van der Waals surface area contributed by atoms with E-state index >= 15 is 0 Å². The summed E-state index contributed by atoms with van der Waals surface area (Å²) in [5, 5.41) is 6.54. The van der Waals surface area contributed by atoms with Crippen LogP contribution < -0.4 is 5.32 Å². The second kappa shape index (κ2) is 6.73. The lowest BCUT2D eigenvalue weighted by Crippen LogP contribution is -2.45. The molecular formula is C19H14N4O3S. The van der Waals surface area contributed by atoms with Crippen molar-refractivity contribution >= 4 is 34.9 Å². The summed E-state index contributed by atoms with van der Waals surface area (Å²) in [6, 6.07) is 12.8. The van der Waals surface area contributed by atoms with Gasteiger partial charge in [0.15, 0.2) is 0 Å². The fourth-order valence-electron chi connectivity index (χ4n) is 2.94. The Kier molecular flexibility index (Phi) is 4.25. The Morgan fingerprint density at radius 3 is 2.22 bits per heavy atom. The van der Waals surface area contributed by atoms with Crippen LogP contribution in [0.15, 0.2) is 54.7 Å². The third-order valence-electron chi connectivity index (χ3n) is 4.39. The smallest absolute Gasteiger partial charge is 0.262 e. The summed E-state index contributed by atoms with van der Waals surface area (Å²) in [7, 11) is 0. The average Bonchev–Trinajstić information content (AvgIpc) is 3.30. The second-order valence-electron chi connectivity index (χ2n) is 6.05. The predicted molar refractivity (Wildman–Crippen MR) is 100 cm³/mol. The van der Waals surface area contributed by atoms with E-state index in [2.05, 4.69) is 14.9 Å². The number of aromatic nitrogens is 2. The summed E-state index contributed by atoms with van der Waals surface area (Å²) in [5.41, 5.74) is 2.16. The fourth-order valence-corrected chi connectivity index (χ4v) is 3.45. The van der Waals surface area contributed by atoms with Gasteiger partial charge in [-0.3, -0.25) is 19.3 Å². The second-order valence-corrected chi connectivity index (χ2v) is 6.84. The fraction of sp³-hybridized carbons (Fsp3) is 0.105. The van der Waals surface area contributed by atoms with Crippen LogP contribution in [0.25, 0.3) is 10.4 Å². The van der Waals surface area contributed by atoms with Gasteiger partial charge in [0.05, 0.1) is 22.2 Å². The van der Waals surface area contributed by atoms with E-state index in [0.29, 0.717) is 16.8 Å². The summed E-state index contributed by atoms with van der Waals surface area (Å²) in [6.45, 7) is 1.54. The van der Waals surface area contributed by atoms with E-state index in [0.717, 1.165) is 15.3 Å². The molecule has 0 fully saturated rings.